The Kier molecular flexibility index (Phi) is 4.89. The van der Waals surface area contributed by atoms with Gasteiger partial charge in [0, 0.05) is 40.9 Å². The minimum Gasteiger partial charge on any atom is -0.496 e. The number of nitriles is 1. The molecule has 0 aliphatic heterocycles. The van der Waals surface area contributed by atoms with Crippen LogP contribution in [0.15, 0.2) is 59.5 Å². The van der Waals surface area contributed by atoms with Gasteiger partial charge in [-0.1, -0.05) is 24.3 Å². The van der Waals surface area contributed by atoms with Gasteiger partial charge in [0.05, 0.1) is 35.6 Å². The van der Waals surface area contributed by atoms with Crippen LogP contribution in [-0.2, 0) is 13.6 Å². The summed E-state index contributed by atoms with van der Waals surface area (Å²) in [5, 5.41) is 24.0. The summed E-state index contributed by atoms with van der Waals surface area (Å²) in [6, 6.07) is 17.4. The molecule has 3 aromatic carbocycles. The molecule has 0 unspecified atom stereocenters. The van der Waals surface area contributed by atoms with Crippen LogP contribution >= 0.6 is 0 Å². The zero-order valence-corrected chi connectivity index (χ0v) is 18.1. The van der Waals surface area contributed by atoms with Gasteiger partial charge in [-0.05, 0) is 29.8 Å². The van der Waals surface area contributed by atoms with E-state index in [2.05, 4.69) is 21.4 Å². The zero-order valence-electron chi connectivity index (χ0n) is 18.1. The van der Waals surface area contributed by atoms with Crippen LogP contribution in [0.2, 0.25) is 0 Å². The van der Waals surface area contributed by atoms with Crippen molar-refractivity contribution in [2.24, 2.45) is 12.8 Å². The maximum atomic E-state index is 12.2. The van der Waals surface area contributed by atoms with E-state index in [0.717, 1.165) is 33.2 Å². The Labute approximate surface area is 188 Å². The van der Waals surface area contributed by atoms with Gasteiger partial charge >= 0.3 is 0 Å². The Bertz CT molecular complexity index is 1640. The molecule has 0 saturated carbocycles. The maximum Gasteiger partial charge on any atom is 0.272 e. The predicted molar refractivity (Wildman–Crippen MR) is 127 cm³/mol. The standard InChI is InChI=1S/C25H20N6O2/c1-31-24(17-9-8-16-15(20(17)11-26)4-3-5-23(16)33-2)21(13-28-31)14-6-7-18-19(10-14)22(12-27)29-30-25(18)32/h3-10,13H,12,27H2,1-2H3,(H,30,32). The fourth-order valence-electron chi connectivity index (χ4n) is 4.34. The molecule has 0 radical (unpaired) electrons. The number of benzene rings is 3. The van der Waals surface area contributed by atoms with Crippen molar-refractivity contribution in [3.05, 3.63) is 76.3 Å². The topological polar surface area (TPSA) is 123 Å². The highest BCUT2D eigenvalue weighted by Crippen LogP contribution is 2.38. The number of nitrogens with two attached hydrogens (primary N) is 1. The molecular weight excluding hydrogens is 416 g/mol. The molecule has 8 nitrogen and oxygen atoms in total. The number of nitrogens with one attached hydrogen (secondary N) is 1. The fourth-order valence-corrected chi connectivity index (χ4v) is 4.34. The lowest BCUT2D eigenvalue weighted by Gasteiger charge is -2.13. The number of aromatic amines is 1. The highest BCUT2D eigenvalue weighted by atomic mass is 16.5. The first-order valence-corrected chi connectivity index (χ1v) is 10.3. The number of hydrogen-bond acceptors (Lipinski definition) is 6. The lowest BCUT2D eigenvalue weighted by molar-refractivity contribution is 0.420. The van der Waals surface area contributed by atoms with Crippen LogP contribution in [0.3, 0.4) is 0 Å². The summed E-state index contributed by atoms with van der Waals surface area (Å²) in [6.07, 6.45) is 1.76. The largest absolute Gasteiger partial charge is 0.496 e. The molecule has 2 aromatic heterocycles. The summed E-state index contributed by atoms with van der Waals surface area (Å²) >= 11 is 0. The number of hydrogen-bond donors (Lipinski definition) is 2. The van der Waals surface area contributed by atoms with Gasteiger partial charge in [0.15, 0.2) is 0 Å². The Morgan fingerprint density at radius 2 is 1.91 bits per heavy atom. The summed E-state index contributed by atoms with van der Waals surface area (Å²) in [7, 11) is 3.46. The molecule has 0 spiro atoms. The first kappa shape index (κ1) is 20.4. The fraction of sp³-hybridized carbons (Fsp3) is 0.120. The van der Waals surface area contributed by atoms with Crippen molar-refractivity contribution >= 4 is 21.5 Å². The Morgan fingerprint density at radius 3 is 2.67 bits per heavy atom. The average molecular weight is 436 g/mol. The second-order valence-electron chi connectivity index (χ2n) is 7.65. The Balaban J connectivity index is 1.78. The first-order chi connectivity index (χ1) is 16.1. The molecule has 33 heavy (non-hydrogen) atoms. The van der Waals surface area contributed by atoms with Crippen LogP contribution in [0, 0.1) is 11.3 Å². The molecule has 2 heterocycles. The third kappa shape index (κ3) is 3.14. The van der Waals surface area contributed by atoms with Crippen LogP contribution in [0.1, 0.15) is 11.3 Å². The molecule has 0 amide bonds. The number of H-pyrrole nitrogens is 1. The third-order valence-corrected chi connectivity index (χ3v) is 5.92. The van der Waals surface area contributed by atoms with E-state index in [0.29, 0.717) is 27.8 Å². The minimum absolute atomic E-state index is 0.196. The molecule has 162 valence electrons. The third-order valence-electron chi connectivity index (χ3n) is 5.92. The van der Waals surface area contributed by atoms with E-state index in [-0.39, 0.29) is 12.1 Å². The number of methoxy groups -OCH3 is 1. The van der Waals surface area contributed by atoms with Crippen LogP contribution in [0.4, 0.5) is 0 Å². The zero-order chi connectivity index (χ0) is 23.1. The molecule has 0 atom stereocenters. The van der Waals surface area contributed by atoms with Crippen molar-refractivity contribution in [1.82, 2.24) is 20.0 Å². The van der Waals surface area contributed by atoms with Crippen LogP contribution in [0.25, 0.3) is 43.9 Å². The van der Waals surface area contributed by atoms with Crippen molar-refractivity contribution in [2.45, 2.75) is 6.54 Å². The highest BCUT2D eigenvalue weighted by molar-refractivity contribution is 5.99. The number of aryl methyl sites for hydroxylation is 1. The number of aromatic nitrogens is 4. The lowest BCUT2D eigenvalue weighted by Crippen LogP contribution is -2.13. The monoisotopic (exact) mass is 436 g/mol. The van der Waals surface area contributed by atoms with Crippen LogP contribution in [0.5, 0.6) is 5.75 Å². The van der Waals surface area contributed by atoms with E-state index in [4.69, 9.17) is 10.5 Å². The van der Waals surface area contributed by atoms with Gasteiger partial charge in [-0.3, -0.25) is 9.48 Å². The summed E-state index contributed by atoms with van der Waals surface area (Å²) in [4.78, 5) is 12.2. The molecular formula is C25H20N6O2. The molecule has 5 rings (SSSR count). The minimum atomic E-state index is -0.268. The number of fused-ring (bicyclic) bond motifs is 2. The van der Waals surface area contributed by atoms with Crippen molar-refractivity contribution in [3.63, 3.8) is 0 Å². The Morgan fingerprint density at radius 1 is 1.09 bits per heavy atom. The molecule has 0 aliphatic rings. The molecule has 3 N–H and O–H groups in total. The molecule has 0 saturated heterocycles. The van der Waals surface area contributed by atoms with E-state index in [1.807, 2.05) is 49.5 Å². The maximum absolute atomic E-state index is 12.2. The summed E-state index contributed by atoms with van der Waals surface area (Å²) in [5.41, 5.74) is 9.96. The molecule has 8 heteroatoms. The van der Waals surface area contributed by atoms with E-state index in [1.54, 1.807) is 24.1 Å². The summed E-state index contributed by atoms with van der Waals surface area (Å²) < 4.78 is 7.23. The lowest BCUT2D eigenvalue weighted by atomic mass is 9.93. The van der Waals surface area contributed by atoms with Crippen molar-refractivity contribution in [1.29, 1.82) is 5.26 Å². The second-order valence-corrected chi connectivity index (χ2v) is 7.65. The van der Waals surface area contributed by atoms with E-state index < -0.39 is 0 Å². The van der Waals surface area contributed by atoms with Gasteiger partial charge < -0.3 is 10.5 Å². The van der Waals surface area contributed by atoms with Gasteiger partial charge in [-0.25, -0.2) is 5.10 Å². The molecule has 0 fully saturated rings. The van der Waals surface area contributed by atoms with Crippen molar-refractivity contribution in [2.75, 3.05) is 7.11 Å². The van der Waals surface area contributed by atoms with Gasteiger partial charge in [-0.15, -0.1) is 0 Å². The normalized spacial score (nSPS) is 11.1. The van der Waals surface area contributed by atoms with Crippen LogP contribution < -0.4 is 16.0 Å². The van der Waals surface area contributed by atoms with Gasteiger partial charge in [0.1, 0.15) is 11.8 Å². The highest BCUT2D eigenvalue weighted by Gasteiger charge is 2.19. The van der Waals surface area contributed by atoms with Crippen molar-refractivity contribution < 1.29 is 4.74 Å². The number of nitrogens with zero attached hydrogens (tertiary/aromatic N) is 4. The number of rotatable bonds is 4. The molecule has 5 aromatic rings. The van der Waals surface area contributed by atoms with Crippen LogP contribution in [-0.4, -0.2) is 27.1 Å². The van der Waals surface area contributed by atoms with E-state index >= 15 is 0 Å². The molecule has 0 bridgehead atoms. The first-order valence-electron chi connectivity index (χ1n) is 10.3. The summed E-state index contributed by atoms with van der Waals surface area (Å²) in [5.74, 6) is 0.711. The predicted octanol–water partition coefficient (Wildman–Crippen LogP) is 3.48. The second kappa shape index (κ2) is 7.89. The van der Waals surface area contributed by atoms with Crippen molar-refractivity contribution in [3.8, 4) is 34.2 Å². The summed E-state index contributed by atoms with van der Waals surface area (Å²) in [6.45, 7) is 0.196. The molecule has 0 aliphatic carbocycles. The average Bonchev–Trinajstić information content (AvgIpc) is 3.23. The SMILES string of the molecule is COc1cccc2c(C#N)c(-c3c(-c4ccc5c(=O)[nH]nc(CN)c5c4)cnn3C)ccc12. The van der Waals surface area contributed by atoms with Gasteiger partial charge in [0.2, 0.25) is 0 Å². The smallest absolute Gasteiger partial charge is 0.272 e. The number of ether oxygens (including phenoxy) is 1. The van der Waals surface area contributed by atoms with E-state index in [9.17, 15) is 10.1 Å². The Hall–Kier alpha value is -4.48. The quantitative estimate of drug-likeness (QED) is 0.445. The van der Waals surface area contributed by atoms with E-state index in [1.165, 1.54) is 0 Å². The van der Waals surface area contributed by atoms with Gasteiger partial charge in [0.25, 0.3) is 5.56 Å². The van der Waals surface area contributed by atoms with Gasteiger partial charge in [-0.2, -0.15) is 15.5 Å².